The molecule has 6 rings (SSSR count). The highest BCUT2D eigenvalue weighted by Gasteiger charge is 2.38. The van der Waals surface area contributed by atoms with E-state index in [9.17, 15) is 9.59 Å². The summed E-state index contributed by atoms with van der Waals surface area (Å²) in [6.45, 7) is 3.64. The van der Waals surface area contributed by atoms with Crippen LogP contribution in [0.2, 0.25) is 0 Å². The van der Waals surface area contributed by atoms with Gasteiger partial charge in [-0.25, -0.2) is 0 Å². The number of amides is 2. The Kier molecular flexibility index (Phi) is 4.88. The monoisotopic (exact) mass is 438 g/mol. The van der Waals surface area contributed by atoms with Gasteiger partial charge in [-0.2, -0.15) is 0 Å². The highest BCUT2D eigenvalue weighted by Crippen LogP contribution is 2.26. The second kappa shape index (κ2) is 8.05. The van der Waals surface area contributed by atoms with Crippen LogP contribution in [0.25, 0.3) is 21.7 Å². The van der Waals surface area contributed by atoms with Gasteiger partial charge < -0.3 is 14.8 Å². The Morgan fingerprint density at radius 2 is 1.70 bits per heavy atom. The molecule has 166 valence electrons. The maximum absolute atomic E-state index is 12.3. The van der Waals surface area contributed by atoms with Gasteiger partial charge in [-0.05, 0) is 34.0 Å². The first-order valence-electron chi connectivity index (χ1n) is 11.5. The van der Waals surface area contributed by atoms with Crippen molar-refractivity contribution in [3.63, 3.8) is 0 Å². The van der Waals surface area contributed by atoms with Crippen molar-refractivity contribution in [2.24, 2.45) is 0 Å². The van der Waals surface area contributed by atoms with E-state index in [1.807, 2.05) is 0 Å². The first-order valence-corrected chi connectivity index (χ1v) is 11.5. The third-order valence-corrected chi connectivity index (χ3v) is 6.93. The molecule has 3 aromatic carbocycles. The zero-order valence-electron chi connectivity index (χ0n) is 18.4. The van der Waals surface area contributed by atoms with Crippen molar-refractivity contribution in [2.75, 3.05) is 26.2 Å². The van der Waals surface area contributed by atoms with Crippen LogP contribution in [0.4, 0.5) is 0 Å². The molecule has 0 saturated carbocycles. The topological polar surface area (TPSA) is 57.6 Å². The van der Waals surface area contributed by atoms with Gasteiger partial charge in [0, 0.05) is 49.8 Å². The van der Waals surface area contributed by atoms with Crippen LogP contribution in [-0.2, 0) is 22.7 Å². The third-order valence-electron chi connectivity index (χ3n) is 6.93. The van der Waals surface area contributed by atoms with Crippen LogP contribution < -0.4 is 5.32 Å². The number of aromatic nitrogens is 1. The maximum atomic E-state index is 12.3. The van der Waals surface area contributed by atoms with Gasteiger partial charge in [0.25, 0.3) is 0 Å². The number of carbonyl (C=O) groups is 2. The number of rotatable bonds is 4. The number of piperazine rings is 2. The van der Waals surface area contributed by atoms with Crippen molar-refractivity contribution in [2.45, 2.75) is 19.1 Å². The standard InChI is InChI=1S/C27H26N4O2/c32-26-14-28-27(33)25-18-29(11-12-31(25)26)16-22-17-30(24-8-4-3-7-23(22)24)15-19-9-10-20-5-1-2-6-21(20)13-19/h1-10,13,17,25H,11-12,14-16,18H2,(H,28,33). The van der Waals surface area contributed by atoms with Crippen molar-refractivity contribution in [3.8, 4) is 0 Å². The van der Waals surface area contributed by atoms with Crippen LogP contribution >= 0.6 is 0 Å². The molecule has 1 aromatic heterocycles. The van der Waals surface area contributed by atoms with Crippen LogP contribution in [0.15, 0.2) is 72.9 Å². The largest absolute Gasteiger partial charge is 0.345 e. The molecule has 1 atom stereocenters. The Hall–Kier alpha value is -3.64. The molecule has 6 nitrogen and oxygen atoms in total. The first kappa shape index (κ1) is 20.0. The summed E-state index contributed by atoms with van der Waals surface area (Å²) in [5.74, 6) is -0.0238. The van der Waals surface area contributed by atoms with Crippen molar-refractivity contribution in [3.05, 3.63) is 84.1 Å². The van der Waals surface area contributed by atoms with Gasteiger partial charge in [0.1, 0.15) is 6.04 Å². The van der Waals surface area contributed by atoms with E-state index in [1.165, 1.54) is 32.8 Å². The van der Waals surface area contributed by atoms with Crippen LogP contribution in [0, 0.1) is 0 Å². The molecule has 2 saturated heterocycles. The highest BCUT2D eigenvalue weighted by atomic mass is 16.2. The van der Waals surface area contributed by atoms with E-state index in [2.05, 4.69) is 87.7 Å². The molecule has 4 aromatic rings. The first-order chi connectivity index (χ1) is 16.2. The Morgan fingerprint density at radius 1 is 0.879 bits per heavy atom. The number of hydrogen-bond donors (Lipinski definition) is 1. The fourth-order valence-electron chi connectivity index (χ4n) is 5.24. The van der Waals surface area contributed by atoms with Crippen molar-refractivity contribution >= 4 is 33.5 Å². The summed E-state index contributed by atoms with van der Waals surface area (Å²) in [6.07, 6.45) is 2.25. The Bertz CT molecular complexity index is 1380. The lowest BCUT2D eigenvalue weighted by molar-refractivity contribution is -0.149. The molecule has 2 fully saturated rings. The van der Waals surface area contributed by atoms with Gasteiger partial charge in [0.05, 0.1) is 6.54 Å². The summed E-state index contributed by atoms with van der Waals surface area (Å²) in [7, 11) is 0. The summed E-state index contributed by atoms with van der Waals surface area (Å²) in [5, 5.41) is 6.48. The number of fused-ring (bicyclic) bond motifs is 3. The summed E-state index contributed by atoms with van der Waals surface area (Å²) in [4.78, 5) is 28.5. The second-order valence-electron chi connectivity index (χ2n) is 9.04. The Balaban J connectivity index is 1.27. The maximum Gasteiger partial charge on any atom is 0.244 e. The van der Waals surface area contributed by atoms with Gasteiger partial charge in [-0.15, -0.1) is 0 Å². The fraction of sp³-hybridized carbons (Fsp3) is 0.259. The minimum atomic E-state index is -0.383. The minimum Gasteiger partial charge on any atom is -0.345 e. The lowest BCUT2D eigenvalue weighted by Gasteiger charge is -2.42. The molecule has 0 radical (unpaired) electrons. The number of nitrogens with one attached hydrogen (secondary N) is 1. The number of benzene rings is 3. The molecule has 0 spiro atoms. The van der Waals surface area contributed by atoms with E-state index in [0.717, 1.165) is 19.6 Å². The van der Waals surface area contributed by atoms with E-state index >= 15 is 0 Å². The fourth-order valence-corrected chi connectivity index (χ4v) is 5.24. The number of nitrogens with zero attached hydrogens (tertiary/aromatic N) is 3. The lowest BCUT2D eigenvalue weighted by Crippen LogP contribution is -2.65. The normalized spacial score (nSPS) is 19.2. The lowest BCUT2D eigenvalue weighted by atomic mass is 10.1. The van der Waals surface area contributed by atoms with Gasteiger partial charge in [0.15, 0.2) is 0 Å². The molecular weight excluding hydrogens is 412 g/mol. The molecule has 6 heteroatoms. The molecule has 33 heavy (non-hydrogen) atoms. The van der Waals surface area contributed by atoms with Crippen molar-refractivity contribution in [1.29, 1.82) is 0 Å². The van der Waals surface area contributed by atoms with E-state index in [4.69, 9.17) is 0 Å². The summed E-state index contributed by atoms with van der Waals surface area (Å²) in [5.41, 5.74) is 3.74. The molecule has 0 bridgehead atoms. The summed E-state index contributed by atoms with van der Waals surface area (Å²) >= 11 is 0. The van der Waals surface area contributed by atoms with E-state index in [-0.39, 0.29) is 24.4 Å². The van der Waals surface area contributed by atoms with Gasteiger partial charge in [-0.1, -0.05) is 54.6 Å². The average Bonchev–Trinajstić information content (AvgIpc) is 3.18. The Labute approximate surface area is 192 Å². The molecule has 1 N–H and O–H groups in total. The molecule has 2 aliphatic rings. The van der Waals surface area contributed by atoms with Crippen LogP contribution in [0.5, 0.6) is 0 Å². The third kappa shape index (κ3) is 3.66. The number of para-hydroxylation sites is 1. The smallest absolute Gasteiger partial charge is 0.244 e. The predicted molar refractivity (Wildman–Crippen MR) is 129 cm³/mol. The molecular formula is C27H26N4O2. The number of hydrogen-bond acceptors (Lipinski definition) is 3. The van der Waals surface area contributed by atoms with E-state index in [0.29, 0.717) is 13.1 Å². The zero-order chi connectivity index (χ0) is 22.4. The van der Waals surface area contributed by atoms with Gasteiger partial charge in [0.2, 0.25) is 11.8 Å². The number of carbonyl (C=O) groups excluding carboxylic acids is 2. The average molecular weight is 439 g/mol. The summed E-state index contributed by atoms with van der Waals surface area (Å²) < 4.78 is 2.32. The molecule has 3 heterocycles. The molecule has 1 unspecified atom stereocenters. The SMILES string of the molecule is O=C1NCC(=O)N2CCN(Cc3cn(Cc4ccc5ccccc5c4)c4ccccc34)CC12. The van der Waals surface area contributed by atoms with Gasteiger partial charge >= 0.3 is 0 Å². The Morgan fingerprint density at radius 3 is 2.61 bits per heavy atom. The predicted octanol–water partition coefficient (Wildman–Crippen LogP) is 2.99. The summed E-state index contributed by atoms with van der Waals surface area (Å²) in [6, 6.07) is 23.2. The van der Waals surface area contributed by atoms with Crippen molar-refractivity contribution in [1.82, 2.24) is 19.7 Å². The zero-order valence-corrected chi connectivity index (χ0v) is 18.4. The van der Waals surface area contributed by atoms with E-state index < -0.39 is 0 Å². The van der Waals surface area contributed by atoms with Crippen LogP contribution in [-0.4, -0.2) is 58.4 Å². The molecule has 2 amide bonds. The van der Waals surface area contributed by atoms with Crippen molar-refractivity contribution < 1.29 is 9.59 Å². The van der Waals surface area contributed by atoms with E-state index in [1.54, 1.807) is 4.90 Å². The quantitative estimate of drug-likeness (QED) is 0.533. The van der Waals surface area contributed by atoms with Crippen LogP contribution in [0.3, 0.4) is 0 Å². The molecule has 2 aliphatic heterocycles. The second-order valence-corrected chi connectivity index (χ2v) is 9.04. The molecule has 0 aliphatic carbocycles. The van der Waals surface area contributed by atoms with Gasteiger partial charge in [-0.3, -0.25) is 14.5 Å². The highest BCUT2D eigenvalue weighted by molar-refractivity contribution is 5.95. The minimum absolute atomic E-state index is 0.0197. The van der Waals surface area contributed by atoms with Crippen LogP contribution in [0.1, 0.15) is 11.1 Å².